The highest BCUT2D eigenvalue weighted by atomic mass is 35.5. The molecule has 1 saturated carbocycles. The second kappa shape index (κ2) is 12.5. The summed E-state index contributed by atoms with van der Waals surface area (Å²) in [5, 5.41) is 8.22. The number of hydrogen-bond donors (Lipinski definition) is 3. The summed E-state index contributed by atoms with van der Waals surface area (Å²) in [7, 11) is 2.12. The van der Waals surface area contributed by atoms with Gasteiger partial charge in [0.05, 0.1) is 21.7 Å². The molecule has 0 bridgehead atoms. The van der Waals surface area contributed by atoms with E-state index in [1.165, 1.54) is 18.2 Å². The molecule has 5 rings (SSSR count). The molecular weight excluding hydrogens is 583 g/mol. The Bertz CT molecular complexity index is 1510. The number of carbonyl (C=O) groups excluding carboxylic acids is 2. The zero-order valence-electron chi connectivity index (χ0n) is 23.9. The van der Waals surface area contributed by atoms with Crippen LogP contribution in [0.2, 0.25) is 5.02 Å². The minimum absolute atomic E-state index is 0.0541. The van der Waals surface area contributed by atoms with Crippen molar-refractivity contribution in [2.75, 3.05) is 62.3 Å². The number of alkyl halides is 3. The highest BCUT2D eigenvalue weighted by Crippen LogP contribution is 2.48. The number of carbonyl (C=O) groups is 2. The summed E-state index contributed by atoms with van der Waals surface area (Å²) >= 11 is 5.68. The van der Waals surface area contributed by atoms with E-state index >= 15 is 0 Å². The number of hydrogen-bond acceptors (Lipinski definition) is 7. The SMILES string of the molecule is Cc1ccc(C(=O)Nc2ccc(Cl)c(C(F)(F)F)c2)cc1NC(=O)C1(c2ccnc(NCCN3CCN(C)CC3)n2)CC1. The number of amides is 2. The fourth-order valence-corrected chi connectivity index (χ4v) is 5.22. The molecule has 2 fully saturated rings. The number of aromatic nitrogens is 2. The van der Waals surface area contributed by atoms with Gasteiger partial charge in [-0.25, -0.2) is 9.97 Å². The van der Waals surface area contributed by atoms with Gasteiger partial charge in [-0.05, 0) is 68.8 Å². The van der Waals surface area contributed by atoms with E-state index in [0.717, 1.165) is 50.4 Å². The van der Waals surface area contributed by atoms with Gasteiger partial charge >= 0.3 is 6.18 Å². The number of piperazine rings is 1. The van der Waals surface area contributed by atoms with Crippen LogP contribution in [0.3, 0.4) is 0 Å². The van der Waals surface area contributed by atoms with Crippen molar-refractivity contribution in [1.82, 2.24) is 19.8 Å². The van der Waals surface area contributed by atoms with Crippen LogP contribution in [-0.4, -0.2) is 77.9 Å². The van der Waals surface area contributed by atoms with Crippen LogP contribution in [0, 0.1) is 6.92 Å². The molecule has 1 aliphatic heterocycles. The van der Waals surface area contributed by atoms with E-state index in [2.05, 4.69) is 42.8 Å². The Balaban J connectivity index is 1.23. The van der Waals surface area contributed by atoms with Gasteiger partial charge in [-0.15, -0.1) is 0 Å². The number of halogens is 4. The third-order valence-corrected chi connectivity index (χ3v) is 8.24. The Morgan fingerprint density at radius 2 is 1.77 bits per heavy atom. The molecule has 0 atom stereocenters. The van der Waals surface area contributed by atoms with Gasteiger partial charge in [0.1, 0.15) is 0 Å². The Labute approximate surface area is 252 Å². The summed E-state index contributed by atoms with van der Waals surface area (Å²) in [4.78, 5) is 40.1. The van der Waals surface area contributed by atoms with E-state index in [1.54, 1.807) is 25.3 Å². The molecule has 2 amide bonds. The molecule has 1 aliphatic carbocycles. The standard InChI is InChI=1S/C30H33ClF3N7O2/c1-19-3-4-20(26(42)37-21-5-6-23(31)22(18-21)30(32,33)34)17-24(19)38-27(43)29(8-9-29)25-7-10-35-28(39-25)36-11-12-41-15-13-40(2)14-16-41/h3-7,10,17-18H,8-9,11-16H2,1-2H3,(H,37,42)(H,38,43)(H,35,36,39). The maximum atomic E-state index is 13.5. The van der Waals surface area contributed by atoms with Gasteiger partial charge in [0, 0.05) is 62.4 Å². The van der Waals surface area contributed by atoms with Crippen LogP contribution in [-0.2, 0) is 16.4 Å². The molecule has 2 heterocycles. The van der Waals surface area contributed by atoms with E-state index in [9.17, 15) is 22.8 Å². The molecule has 3 aromatic rings. The third kappa shape index (κ3) is 7.26. The van der Waals surface area contributed by atoms with Crippen LogP contribution in [0.5, 0.6) is 0 Å². The van der Waals surface area contributed by atoms with Crippen molar-refractivity contribution in [3.8, 4) is 0 Å². The summed E-state index contributed by atoms with van der Waals surface area (Å²) in [5.41, 5.74) is 0.0352. The summed E-state index contributed by atoms with van der Waals surface area (Å²) in [6.07, 6.45) is -1.78. The van der Waals surface area contributed by atoms with Gasteiger partial charge in [-0.1, -0.05) is 17.7 Å². The number of rotatable bonds is 9. The molecule has 1 saturated heterocycles. The lowest BCUT2D eigenvalue weighted by Gasteiger charge is -2.32. The van der Waals surface area contributed by atoms with E-state index < -0.39 is 28.1 Å². The van der Waals surface area contributed by atoms with Crippen LogP contribution in [0.1, 0.15) is 40.0 Å². The topological polar surface area (TPSA) is 102 Å². The molecule has 0 spiro atoms. The molecule has 43 heavy (non-hydrogen) atoms. The largest absolute Gasteiger partial charge is 0.417 e. The molecule has 9 nitrogen and oxygen atoms in total. The van der Waals surface area contributed by atoms with E-state index in [-0.39, 0.29) is 17.2 Å². The van der Waals surface area contributed by atoms with Crippen LogP contribution in [0.4, 0.5) is 30.5 Å². The summed E-state index contributed by atoms with van der Waals surface area (Å²) in [5.74, 6) is -0.408. The van der Waals surface area contributed by atoms with Crippen molar-refractivity contribution in [2.45, 2.75) is 31.4 Å². The minimum atomic E-state index is -4.66. The Morgan fingerprint density at radius 3 is 2.47 bits per heavy atom. The average Bonchev–Trinajstić information content (AvgIpc) is 3.78. The van der Waals surface area contributed by atoms with Gasteiger partial charge in [0.2, 0.25) is 11.9 Å². The van der Waals surface area contributed by atoms with Crippen molar-refractivity contribution in [2.24, 2.45) is 0 Å². The second-order valence-electron chi connectivity index (χ2n) is 11.0. The van der Waals surface area contributed by atoms with E-state index in [4.69, 9.17) is 11.6 Å². The predicted octanol–water partition coefficient (Wildman–Crippen LogP) is 5.04. The molecular formula is C30H33ClF3N7O2. The third-order valence-electron chi connectivity index (χ3n) is 7.92. The summed E-state index contributed by atoms with van der Waals surface area (Å²) in [6, 6.07) is 9.61. The Hall–Kier alpha value is -3.74. The molecule has 13 heteroatoms. The van der Waals surface area contributed by atoms with Gasteiger partial charge in [-0.3, -0.25) is 14.5 Å². The van der Waals surface area contributed by atoms with Crippen LogP contribution < -0.4 is 16.0 Å². The predicted molar refractivity (Wildman–Crippen MR) is 160 cm³/mol. The zero-order valence-corrected chi connectivity index (χ0v) is 24.6. The fourth-order valence-electron chi connectivity index (χ4n) is 5.00. The average molecular weight is 616 g/mol. The van der Waals surface area contributed by atoms with Crippen LogP contribution >= 0.6 is 11.6 Å². The van der Waals surface area contributed by atoms with Crippen molar-refractivity contribution in [3.05, 3.63) is 76.1 Å². The van der Waals surface area contributed by atoms with Gasteiger partial charge in [0.25, 0.3) is 5.91 Å². The van der Waals surface area contributed by atoms with E-state index in [0.29, 0.717) is 36.7 Å². The molecule has 0 radical (unpaired) electrons. The maximum absolute atomic E-state index is 13.5. The molecule has 228 valence electrons. The number of nitrogens with one attached hydrogen (secondary N) is 3. The Morgan fingerprint density at radius 1 is 1.02 bits per heavy atom. The number of aryl methyl sites for hydroxylation is 1. The quantitative estimate of drug-likeness (QED) is 0.310. The zero-order chi connectivity index (χ0) is 30.8. The van der Waals surface area contributed by atoms with Crippen molar-refractivity contribution < 1.29 is 22.8 Å². The number of nitrogens with zero attached hydrogens (tertiary/aromatic N) is 4. The fraction of sp³-hybridized carbons (Fsp3) is 0.400. The Kier molecular flexibility index (Phi) is 8.91. The lowest BCUT2D eigenvalue weighted by molar-refractivity contribution is -0.137. The lowest BCUT2D eigenvalue weighted by atomic mass is 10.00. The first kappa shape index (κ1) is 30.7. The van der Waals surface area contributed by atoms with E-state index in [1.807, 2.05) is 0 Å². The smallest absolute Gasteiger partial charge is 0.353 e. The monoisotopic (exact) mass is 615 g/mol. The van der Waals surface area contributed by atoms with Gasteiger partial charge < -0.3 is 20.9 Å². The highest BCUT2D eigenvalue weighted by Gasteiger charge is 2.53. The molecule has 2 aliphatic rings. The lowest BCUT2D eigenvalue weighted by Crippen LogP contribution is -2.45. The first-order valence-electron chi connectivity index (χ1n) is 14.0. The van der Waals surface area contributed by atoms with Gasteiger partial charge in [-0.2, -0.15) is 13.2 Å². The molecule has 3 N–H and O–H groups in total. The van der Waals surface area contributed by atoms with Crippen molar-refractivity contribution in [3.63, 3.8) is 0 Å². The van der Waals surface area contributed by atoms with Crippen molar-refractivity contribution in [1.29, 1.82) is 0 Å². The molecule has 2 aromatic carbocycles. The first-order chi connectivity index (χ1) is 20.4. The summed E-state index contributed by atoms with van der Waals surface area (Å²) in [6.45, 7) is 7.48. The summed E-state index contributed by atoms with van der Waals surface area (Å²) < 4.78 is 39.7. The van der Waals surface area contributed by atoms with Crippen LogP contribution in [0.25, 0.3) is 0 Å². The highest BCUT2D eigenvalue weighted by molar-refractivity contribution is 6.31. The second-order valence-corrected chi connectivity index (χ2v) is 11.5. The maximum Gasteiger partial charge on any atom is 0.417 e. The minimum Gasteiger partial charge on any atom is -0.353 e. The molecule has 1 aromatic heterocycles. The van der Waals surface area contributed by atoms with Crippen molar-refractivity contribution >= 4 is 40.7 Å². The first-order valence-corrected chi connectivity index (χ1v) is 14.4. The van der Waals surface area contributed by atoms with Gasteiger partial charge in [0.15, 0.2) is 0 Å². The number of benzene rings is 2. The number of anilines is 3. The number of likely N-dealkylation sites (N-methyl/N-ethyl adjacent to an activating group) is 1. The van der Waals surface area contributed by atoms with Crippen LogP contribution in [0.15, 0.2) is 48.7 Å². The normalized spacial score (nSPS) is 16.9. The molecule has 0 unspecified atom stereocenters.